The van der Waals surface area contributed by atoms with Gasteiger partial charge in [-0.1, -0.05) is 13.8 Å². The van der Waals surface area contributed by atoms with Crippen molar-refractivity contribution in [3.63, 3.8) is 0 Å². The van der Waals surface area contributed by atoms with Crippen LogP contribution in [0.5, 0.6) is 0 Å². The molecule has 0 fully saturated rings. The fourth-order valence-electron chi connectivity index (χ4n) is 0.588. The van der Waals surface area contributed by atoms with Crippen molar-refractivity contribution in [3.05, 3.63) is 0 Å². The van der Waals surface area contributed by atoms with Crippen LogP contribution in [0.15, 0.2) is 0 Å². The number of hydrogen-bond donors (Lipinski definition) is 0. The molecule has 0 N–H and O–H groups in total. The van der Waals surface area contributed by atoms with Crippen molar-refractivity contribution in [1.82, 2.24) is 0 Å². The minimum absolute atomic E-state index is 0.0622. The van der Waals surface area contributed by atoms with Crippen LogP contribution in [0, 0.1) is 0 Å². The minimum atomic E-state index is -0.0622. The van der Waals surface area contributed by atoms with Gasteiger partial charge in [-0.05, 0) is 12.2 Å². The second kappa shape index (κ2) is 7.92. The largest absolute Gasteiger partial charge is 0.466 e. The molecule has 0 aromatic heterocycles. The molecule has 0 rings (SSSR count). The summed E-state index contributed by atoms with van der Waals surface area (Å²) in [6.07, 6.45) is 1.46. The van der Waals surface area contributed by atoms with Crippen molar-refractivity contribution >= 4 is 17.7 Å². The van der Waals surface area contributed by atoms with E-state index < -0.39 is 0 Å². The van der Waals surface area contributed by atoms with Gasteiger partial charge in [-0.25, -0.2) is 0 Å². The molecule has 3 heteroatoms. The molecule has 0 unspecified atom stereocenters. The van der Waals surface area contributed by atoms with Crippen LogP contribution in [0.25, 0.3) is 0 Å². The highest BCUT2D eigenvalue weighted by Crippen LogP contribution is 2.01. The van der Waals surface area contributed by atoms with Crippen molar-refractivity contribution in [1.29, 1.82) is 0 Å². The standard InChI is InChI=1S/C8H16O2S/c1-3-6-10-8(9)5-7-11-4-2/h3-7H2,1-2H3. The Bertz CT molecular complexity index is 104. The van der Waals surface area contributed by atoms with Gasteiger partial charge in [-0.15, -0.1) is 0 Å². The first-order valence-electron chi connectivity index (χ1n) is 4.04. The quantitative estimate of drug-likeness (QED) is 0.458. The highest BCUT2D eigenvalue weighted by atomic mass is 32.2. The zero-order valence-corrected chi connectivity index (χ0v) is 8.08. The lowest BCUT2D eigenvalue weighted by Gasteiger charge is -2.01. The number of carbonyl (C=O) groups excluding carboxylic acids is 1. The first-order valence-corrected chi connectivity index (χ1v) is 5.20. The van der Waals surface area contributed by atoms with Gasteiger partial charge in [-0.2, -0.15) is 11.8 Å². The molecule has 0 saturated carbocycles. The summed E-state index contributed by atoms with van der Waals surface area (Å²) in [7, 11) is 0. The fraction of sp³-hybridized carbons (Fsp3) is 0.875. The Balaban J connectivity index is 3.09. The molecular formula is C8H16O2S. The van der Waals surface area contributed by atoms with E-state index in [4.69, 9.17) is 4.74 Å². The first-order chi connectivity index (χ1) is 5.31. The van der Waals surface area contributed by atoms with Crippen molar-refractivity contribution in [3.8, 4) is 0 Å². The van der Waals surface area contributed by atoms with Gasteiger partial charge < -0.3 is 4.74 Å². The summed E-state index contributed by atoms with van der Waals surface area (Å²) in [5, 5.41) is 0. The number of esters is 1. The summed E-state index contributed by atoms with van der Waals surface area (Å²) in [5.74, 6) is 1.90. The molecule has 0 aromatic rings. The second-order valence-corrected chi connectivity index (χ2v) is 3.56. The van der Waals surface area contributed by atoms with Crippen LogP contribution in [0.4, 0.5) is 0 Å². The highest BCUT2D eigenvalue weighted by molar-refractivity contribution is 7.99. The predicted molar refractivity (Wildman–Crippen MR) is 48.9 cm³/mol. The summed E-state index contributed by atoms with van der Waals surface area (Å²) in [6, 6.07) is 0. The molecule has 0 radical (unpaired) electrons. The number of carbonyl (C=O) groups is 1. The lowest BCUT2D eigenvalue weighted by atomic mass is 10.5. The summed E-state index contributed by atoms with van der Waals surface area (Å²) >= 11 is 1.77. The first kappa shape index (κ1) is 10.8. The Labute approximate surface area is 72.7 Å². The molecule has 0 aliphatic rings. The van der Waals surface area contributed by atoms with E-state index in [1.54, 1.807) is 11.8 Å². The van der Waals surface area contributed by atoms with Gasteiger partial charge in [0.1, 0.15) is 0 Å². The molecule has 0 spiro atoms. The van der Waals surface area contributed by atoms with Crippen LogP contribution >= 0.6 is 11.8 Å². The van der Waals surface area contributed by atoms with Crippen LogP contribution in [-0.4, -0.2) is 24.1 Å². The van der Waals surface area contributed by atoms with Crippen molar-refractivity contribution < 1.29 is 9.53 Å². The highest BCUT2D eigenvalue weighted by Gasteiger charge is 1.99. The zero-order valence-electron chi connectivity index (χ0n) is 7.26. The van der Waals surface area contributed by atoms with E-state index >= 15 is 0 Å². The van der Waals surface area contributed by atoms with E-state index in [0.717, 1.165) is 17.9 Å². The van der Waals surface area contributed by atoms with E-state index in [1.165, 1.54) is 0 Å². The fourth-order valence-corrected chi connectivity index (χ4v) is 1.19. The van der Waals surface area contributed by atoms with Crippen LogP contribution < -0.4 is 0 Å². The Kier molecular flexibility index (Phi) is 7.79. The third-order valence-corrected chi connectivity index (χ3v) is 2.02. The molecule has 0 amide bonds. The molecule has 2 nitrogen and oxygen atoms in total. The molecule has 0 aliphatic heterocycles. The van der Waals surface area contributed by atoms with Gasteiger partial charge in [-0.3, -0.25) is 4.79 Å². The van der Waals surface area contributed by atoms with Gasteiger partial charge in [0.15, 0.2) is 0 Å². The van der Waals surface area contributed by atoms with Gasteiger partial charge in [0, 0.05) is 5.75 Å². The Morgan fingerprint density at radius 2 is 2.18 bits per heavy atom. The van der Waals surface area contributed by atoms with E-state index in [9.17, 15) is 4.79 Å². The monoisotopic (exact) mass is 176 g/mol. The molecular weight excluding hydrogens is 160 g/mol. The van der Waals surface area contributed by atoms with Crippen LogP contribution in [-0.2, 0) is 9.53 Å². The molecule has 0 saturated heterocycles. The SMILES string of the molecule is CCCOC(=O)CCSCC. The lowest BCUT2D eigenvalue weighted by molar-refractivity contribution is -0.143. The van der Waals surface area contributed by atoms with Crippen LogP contribution in [0.2, 0.25) is 0 Å². The van der Waals surface area contributed by atoms with Crippen molar-refractivity contribution in [2.24, 2.45) is 0 Å². The maximum absolute atomic E-state index is 10.8. The summed E-state index contributed by atoms with van der Waals surface area (Å²) in [5.41, 5.74) is 0. The summed E-state index contributed by atoms with van der Waals surface area (Å²) < 4.78 is 4.89. The lowest BCUT2D eigenvalue weighted by Crippen LogP contribution is -2.05. The maximum Gasteiger partial charge on any atom is 0.306 e. The zero-order chi connectivity index (χ0) is 8.53. The molecule has 0 heterocycles. The van der Waals surface area contributed by atoms with Gasteiger partial charge >= 0.3 is 5.97 Å². The van der Waals surface area contributed by atoms with Crippen LogP contribution in [0.3, 0.4) is 0 Å². The average molecular weight is 176 g/mol. The third kappa shape index (κ3) is 7.72. The Morgan fingerprint density at radius 3 is 2.73 bits per heavy atom. The molecule has 0 bridgehead atoms. The second-order valence-electron chi connectivity index (χ2n) is 2.17. The van der Waals surface area contributed by atoms with E-state index in [0.29, 0.717) is 13.0 Å². The normalized spacial score (nSPS) is 9.64. The number of rotatable bonds is 6. The van der Waals surface area contributed by atoms with Crippen molar-refractivity contribution in [2.75, 3.05) is 18.1 Å². The Hall–Kier alpha value is -0.180. The Morgan fingerprint density at radius 1 is 1.45 bits per heavy atom. The van der Waals surface area contributed by atoms with Gasteiger partial charge in [0.2, 0.25) is 0 Å². The number of hydrogen-bond acceptors (Lipinski definition) is 3. The topological polar surface area (TPSA) is 26.3 Å². The molecule has 0 atom stereocenters. The minimum Gasteiger partial charge on any atom is -0.466 e. The van der Waals surface area contributed by atoms with Gasteiger partial charge in [0.05, 0.1) is 13.0 Å². The molecule has 0 aliphatic carbocycles. The van der Waals surface area contributed by atoms with E-state index in [1.807, 2.05) is 6.92 Å². The predicted octanol–water partition coefficient (Wildman–Crippen LogP) is 2.08. The number of thioether (sulfide) groups is 1. The van der Waals surface area contributed by atoms with Gasteiger partial charge in [0.25, 0.3) is 0 Å². The third-order valence-electron chi connectivity index (χ3n) is 1.12. The van der Waals surface area contributed by atoms with E-state index in [-0.39, 0.29) is 5.97 Å². The molecule has 66 valence electrons. The van der Waals surface area contributed by atoms with E-state index in [2.05, 4.69) is 6.92 Å². The number of ether oxygens (including phenoxy) is 1. The molecule has 0 aromatic carbocycles. The average Bonchev–Trinajstić information content (AvgIpc) is 2.01. The molecule has 11 heavy (non-hydrogen) atoms. The van der Waals surface area contributed by atoms with Crippen molar-refractivity contribution in [2.45, 2.75) is 26.7 Å². The summed E-state index contributed by atoms with van der Waals surface area (Å²) in [4.78, 5) is 10.8. The van der Waals surface area contributed by atoms with Crippen LogP contribution in [0.1, 0.15) is 26.7 Å². The summed E-state index contributed by atoms with van der Waals surface area (Å²) in [6.45, 7) is 4.64. The smallest absolute Gasteiger partial charge is 0.306 e. The maximum atomic E-state index is 10.8.